The van der Waals surface area contributed by atoms with Gasteiger partial charge in [0.25, 0.3) is 0 Å². The topological polar surface area (TPSA) is 55.9 Å². The molecule has 0 bridgehead atoms. The Morgan fingerprint density at radius 2 is 2.20 bits per heavy atom. The van der Waals surface area contributed by atoms with Gasteiger partial charge in [-0.1, -0.05) is 0 Å². The summed E-state index contributed by atoms with van der Waals surface area (Å²) in [6.45, 7) is 4.61. The third kappa shape index (κ3) is 3.19. The molecule has 0 saturated carbocycles. The summed E-state index contributed by atoms with van der Waals surface area (Å²) in [4.78, 5) is 4.18. The first-order valence-electron chi connectivity index (χ1n) is 6.46. The minimum absolute atomic E-state index is 0.0720. The molecule has 0 saturated heterocycles. The van der Waals surface area contributed by atoms with Crippen molar-refractivity contribution in [2.45, 2.75) is 25.9 Å². The second-order valence-electron chi connectivity index (χ2n) is 4.88. The van der Waals surface area contributed by atoms with Crippen LogP contribution in [0.3, 0.4) is 0 Å². The van der Waals surface area contributed by atoms with E-state index in [1.54, 1.807) is 18.5 Å². The van der Waals surface area contributed by atoms with Crippen molar-refractivity contribution in [3.8, 4) is 0 Å². The van der Waals surface area contributed by atoms with Gasteiger partial charge in [-0.3, -0.25) is 0 Å². The number of halogens is 2. The van der Waals surface area contributed by atoms with Crippen LogP contribution >= 0.6 is 15.9 Å². The van der Waals surface area contributed by atoms with Crippen LogP contribution in [0.4, 0.5) is 10.1 Å². The largest absolute Gasteiger partial charge is 0.375 e. The highest BCUT2D eigenvalue weighted by Crippen LogP contribution is 2.25. The van der Waals surface area contributed by atoms with E-state index in [0.717, 1.165) is 11.4 Å². The van der Waals surface area contributed by atoms with Gasteiger partial charge in [0, 0.05) is 18.3 Å². The highest BCUT2D eigenvalue weighted by Gasteiger charge is 2.16. The molecule has 1 heterocycles. The Bertz CT molecular complexity index is 582. The SMILES string of the molecule is CC(C)n1cncc1C(CN)Nc1ccc(F)c(Br)c1. The van der Waals surface area contributed by atoms with Crippen LogP contribution in [0.2, 0.25) is 0 Å². The fourth-order valence-electron chi connectivity index (χ4n) is 2.06. The molecule has 0 amide bonds. The lowest BCUT2D eigenvalue weighted by molar-refractivity contribution is 0.553. The molecule has 2 aromatic rings. The lowest BCUT2D eigenvalue weighted by Gasteiger charge is -2.21. The Labute approximate surface area is 126 Å². The van der Waals surface area contributed by atoms with E-state index in [2.05, 4.69) is 44.6 Å². The summed E-state index contributed by atoms with van der Waals surface area (Å²) < 4.78 is 15.7. The van der Waals surface area contributed by atoms with Crippen LogP contribution < -0.4 is 11.1 Å². The Morgan fingerprint density at radius 3 is 2.80 bits per heavy atom. The molecule has 1 aromatic heterocycles. The predicted molar refractivity (Wildman–Crippen MR) is 82.1 cm³/mol. The summed E-state index contributed by atoms with van der Waals surface area (Å²) in [7, 11) is 0. The number of anilines is 1. The number of benzene rings is 1. The summed E-state index contributed by atoms with van der Waals surface area (Å²) >= 11 is 3.18. The Hall–Kier alpha value is -1.40. The van der Waals surface area contributed by atoms with E-state index in [9.17, 15) is 4.39 Å². The van der Waals surface area contributed by atoms with E-state index in [0.29, 0.717) is 17.1 Å². The molecule has 0 fully saturated rings. The second-order valence-corrected chi connectivity index (χ2v) is 5.74. The minimum Gasteiger partial charge on any atom is -0.375 e. The first-order valence-corrected chi connectivity index (χ1v) is 7.25. The molecule has 0 aliphatic heterocycles. The third-order valence-electron chi connectivity index (χ3n) is 3.11. The number of nitrogens with two attached hydrogens (primary N) is 1. The lowest BCUT2D eigenvalue weighted by atomic mass is 10.2. The molecule has 1 atom stereocenters. The molecule has 4 nitrogen and oxygen atoms in total. The van der Waals surface area contributed by atoms with E-state index in [4.69, 9.17) is 5.73 Å². The highest BCUT2D eigenvalue weighted by molar-refractivity contribution is 9.10. The molecular formula is C14H18BrFN4. The maximum absolute atomic E-state index is 13.2. The Balaban J connectivity index is 2.24. The van der Waals surface area contributed by atoms with Crippen molar-refractivity contribution < 1.29 is 4.39 Å². The predicted octanol–water partition coefficient (Wildman–Crippen LogP) is 3.48. The molecule has 0 radical (unpaired) electrons. The Morgan fingerprint density at radius 1 is 1.45 bits per heavy atom. The second kappa shape index (κ2) is 6.37. The number of hydrogen-bond donors (Lipinski definition) is 2. The van der Waals surface area contributed by atoms with Gasteiger partial charge in [0.1, 0.15) is 5.82 Å². The van der Waals surface area contributed by atoms with Crippen LogP contribution in [-0.2, 0) is 0 Å². The monoisotopic (exact) mass is 340 g/mol. The standard InChI is InChI=1S/C14H18BrFN4/c1-9(2)20-8-18-7-14(20)13(6-17)19-10-3-4-12(16)11(15)5-10/h3-5,7-9,13,19H,6,17H2,1-2H3. The fourth-order valence-corrected chi connectivity index (χ4v) is 2.44. The molecule has 3 N–H and O–H groups in total. The smallest absolute Gasteiger partial charge is 0.137 e. The maximum atomic E-state index is 13.2. The van der Waals surface area contributed by atoms with Crippen molar-refractivity contribution in [3.05, 3.63) is 46.7 Å². The fraction of sp³-hybridized carbons (Fsp3) is 0.357. The van der Waals surface area contributed by atoms with E-state index >= 15 is 0 Å². The molecule has 20 heavy (non-hydrogen) atoms. The van der Waals surface area contributed by atoms with Crippen molar-refractivity contribution in [2.24, 2.45) is 5.73 Å². The first-order chi connectivity index (χ1) is 9.52. The number of nitrogens with zero attached hydrogens (tertiary/aromatic N) is 2. The van der Waals surface area contributed by atoms with Gasteiger partial charge in [0.05, 0.1) is 28.7 Å². The zero-order valence-corrected chi connectivity index (χ0v) is 13.1. The first kappa shape index (κ1) is 15.0. The van der Waals surface area contributed by atoms with Crippen molar-refractivity contribution in [1.29, 1.82) is 0 Å². The average molecular weight is 341 g/mol. The Kier molecular flexibility index (Phi) is 4.77. The number of nitrogens with one attached hydrogen (secondary N) is 1. The molecule has 0 aliphatic rings. The van der Waals surface area contributed by atoms with Gasteiger partial charge < -0.3 is 15.6 Å². The van der Waals surface area contributed by atoms with E-state index in [-0.39, 0.29) is 11.9 Å². The zero-order chi connectivity index (χ0) is 14.7. The number of hydrogen-bond acceptors (Lipinski definition) is 3. The van der Waals surface area contributed by atoms with Gasteiger partial charge in [-0.15, -0.1) is 0 Å². The van der Waals surface area contributed by atoms with Crippen LogP contribution in [-0.4, -0.2) is 16.1 Å². The van der Waals surface area contributed by atoms with Gasteiger partial charge >= 0.3 is 0 Å². The molecule has 1 unspecified atom stereocenters. The van der Waals surface area contributed by atoms with Gasteiger partial charge in [-0.05, 0) is 48.0 Å². The molecule has 1 aromatic carbocycles. The van der Waals surface area contributed by atoms with Gasteiger partial charge in [0.15, 0.2) is 0 Å². The summed E-state index contributed by atoms with van der Waals surface area (Å²) in [6, 6.07) is 5.05. The van der Waals surface area contributed by atoms with Crippen molar-refractivity contribution in [2.75, 3.05) is 11.9 Å². The molecule has 0 spiro atoms. The maximum Gasteiger partial charge on any atom is 0.137 e. The minimum atomic E-state index is -0.285. The van der Waals surface area contributed by atoms with E-state index in [1.165, 1.54) is 6.07 Å². The summed E-state index contributed by atoms with van der Waals surface area (Å²) in [5.74, 6) is -0.285. The normalized spacial score (nSPS) is 12.7. The number of aromatic nitrogens is 2. The van der Waals surface area contributed by atoms with Crippen LogP contribution in [0.1, 0.15) is 31.6 Å². The van der Waals surface area contributed by atoms with Gasteiger partial charge in [-0.25, -0.2) is 9.37 Å². The molecular weight excluding hydrogens is 323 g/mol. The van der Waals surface area contributed by atoms with Crippen LogP contribution in [0.25, 0.3) is 0 Å². The van der Waals surface area contributed by atoms with Crippen molar-refractivity contribution in [1.82, 2.24) is 9.55 Å². The van der Waals surface area contributed by atoms with Crippen LogP contribution in [0.15, 0.2) is 35.2 Å². The molecule has 108 valence electrons. The van der Waals surface area contributed by atoms with Gasteiger partial charge in [0.2, 0.25) is 0 Å². The lowest BCUT2D eigenvalue weighted by Crippen LogP contribution is -2.23. The molecule has 0 aliphatic carbocycles. The van der Waals surface area contributed by atoms with Crippen LogP contribution in [0.5, 0.6) is 0 Å². The van der Waals surface area contributed by atoms with Crippen molar-refractivity contribution >= 4 is 21.6 Å². The zero-order valence-electron chi connectivity index (χ0n) is 11.5. The number of rotatable bonds is 5. The number of imidazole rings is 1. The quantitative estimate of drug-likeness (QED) is 0.875. The highest BCUT2D eigenvalue weighted by atomic mass is 79.9. The summed E-state index contributed by atoms with van der Waals surface area (Å²) in [5.41, 5.74) is 7.69. The summed E-state index contributed by atoms with van der Waals surface area (Å²) in [6.07, 6.45) is 3.61. The van der Waals surface area contributed by atoms with Crippen molar-refractivity contribution in [3.63, 3.8) is 0 Å². The molecule has 6 heteroatoms. The van der Waals surface area contributed by atoms with Gasteiger partial charge in [-0.2, -0.15) is 0 Å². The third-order valence-corrected chi connectivity index (χ3v) is 3.71. The van der Waals surface area contributed by atoms with E-state index < -0.39 is 0 Å². The van der Waals surface area contributed by atoms with Crippen LogP contribution in [0, 0.1) is 5.82 Å². The summed E-state index contributed by atoms with van der Waals surface area (Å²) in [5, 5.41) is 3.31. The van der Waals surface area contributed by atoms with E-state index in [1.807, 2.05) is 6.20 Å². The average Bonchev–Trinajstić information content (AvgIpc) is 2.89. The molecule has 2 rings (SSSR count).